The average Bonchev–Trinajstić information content (AvgIpc) is 3.24. The van der Waals surface area contributed by atoms with Crippen molar-refractivity contribution in [3.8, 4) is 0 Å². The number of esters is 1. The summed E-state index contributed by atoms with van der Waals surface area (Å²) in [4.78, 5) is 24.4. The summed E-state index contributed by atoms with van der Waals surface area (Å²) in [6, 6.07) is -0.648. The molecule has 0 saturated heterocycles. The highest BCUT2D eigenvalue weighted by atomic mass is 16.5. The molecule has 3 N–H and O–H groups in total. The minimum Gasteiger partial charge on any atom is -0.466 e. The van der Waals surface area contributed by atoms with Crippen molar-refractivity contribution in [2.75, 3.05) is 13.2 Å². The first-order valence-corrected chi connectivity index (χ1v) is 25.8. The molecule has 0 aromatic heterocycles. The number of unbranched alkanes of at least 4 members (excludes halogenated alkanes) is 32. The molecule has 0 aliphatic carbocycles. The van der Waals surface area contributed by atoms with Crippen LogP contribution in [0.1, 0.15) is 264 Å². The number of hydrogen-bond donors (Lipinski definition) is 3. The topological polar surface area (TPSA) is 95.9 Å². The van der Waals surface area contributed by atoms with E-state index in [1.807, 2.05) is 6.08 Å². The van der Waals surface area contributed by atoms with Crippen molar-refractivity contribution < 1.29 is 24.5 Å². The van der Waals surface area contributed by atoms with Gasteiger partial charge in [-0.1, -0.05) is 204 Å². The summed E-state index contributed by atoms with van der Waals surface area (Å²) in [5, 5.41) is 23.0. The maximum absolute atomic E-state index is 12.4. The lowest BCUT2D eigenvalue weighted by molar-refractivity contribution is -0.143. The monoisotopic (exact) mass is 830 g/mol. The molecule has 0 radical (unpaired) electrons. The Hall–Kier alpha value is -1.92. The van der Waals surface area contributed by atoms with Gasteiger partial charge in [0.05, 0.1) is 25.4 Å². The second kappa shape index (κ2) is 48.7. The summed E-state index contributed by atoms with van der Waals surface area (Å²) < 4.78 is 5.44. The lowest BCUT2D eigenvalue weighted by Crippen LogP contribution is -2.45. The maximum Gasteiger partial charge on any atom is 0.305 e. The summed E-state index contributed by atoms with van der Waals surface area (Å²) in [5.41, 5.74) is 0. The molecule has 0 saturated carbocycles. The van der Waals surface area contributed by atoms with E-state index < -0.39 is 12.1 Å². The normalized spacial score (nSPS) is 12.9. The van der Waals surface area contributed by atoms with Gasteiger partial charge >= 0.3 is 5.97 Å². The number of nitrogens with one attached hydrogen (secondary N) is 1. The Morgan fingerprint density at radius 1 is 0.458 bits per heavy atom. The zero-order valence-electron chi connectivity index (χ0n) is 39.2. The Morgan fingerprint density at radius 3 is 1.20 bits per heavy atom. The summed E-state index contributed by atoms with van der Waals surface area (Å²) in [7, 11) is 0. The first-order chi connectivity index (χ1) is 29.0. The molecule has 0 spiro atoms. The van der Waals surface area contributed by atoms with Crippen LogP contribution in [0, 0.1) is 0 Å². The summed E-state index contributed by atoms with van der Waals surface area (Å²) in [6.07, 6.45) is 58.6. The largest absolute Gasteiger partial charge is 0.466 e. The number of carbonyl (C=O) groups excluding carboxylic acids is 2. The Bertz CT molecular complexity index is 962. The third kappa shape index (κ3) is 45.4. The predicted octanol–water partition coefficient (Wildman–Crippen LogP) is 15.3. The SMILES string of the molecule is CCCCCCCCC/C=C\CCCCCCCCCC(=O)OCCCC/C=C\CCCCCCCC(=O)NC(CO)C(O)/C=C/CCCCCCCCCCCCC. The lowest BCUT2D eigenvalue weighted by Gasteiger charge is -2.20. The highest BCUT2D eigenvalue weighted by Gasteiger charge is 2.18. The van der Waals surface area contributed by atoms with Crippen LogP contribution in [0.3, 0.4) is 0 Å². The molecular weight excluding hydrogens is 731 g/mol. The number of aliphatic hydroxyl groups excluding tert-OH is 2. The zero-order valence-corrected chi connectivity index (χ0v) is 39.2. The molecule has 0 aliphatic heterocycles. The van der Waals surface area contributed by atoms with Gasteiger partial charge in [-0.05, 0) is 83.5 Å². The van der Waals surface area contributed by atoms with E-state index in [0.29, 0.717) is 19.4 Å². The molecule has 346 valence electrons. The van der Waals surface area contributed by atoms with Crippen molar-refractivity contribution in [2.45, 2.75) is 276 Å². The minimum absolute atomic E-state index is 0.0366. The van der Waals surface area contributed by atoms with Crippen LogP contribution in [0.2, 0.25) is 0 Å². The smallest absolute Gasteiger partial charge is 0.305 e. The molecule has 0 aromatic carbocycles. The van der Waals surface area contributed by atoms with Gasteiger partial charge in [-0.15, -0.1) is 0 Å². The van der Waals surface area contributed by atoms with Crippen LogP contribution in [0.4, 0.5) is 0 Å². The molecule has 0 rings (SSSR count). The van der Waals surface area contributed by atoms with Gasteiger partial charge in [0.15, 0.2) is 0 Å². The van der Waals surface area contributed by atoms with Crippen molar-refractivity contribution in [3.05, 3.63) is 36.5 Å². The average molecular weight is 830 g/mol. The fraction of sp³-hybridized carbons (Fsp3) is 0.849. The Kier molecular flexibility index (Phi) is 47.2. The van der Waals surface area contributed by atoms with Crippen molar-refractivity contribution in [1.82, 2.24) is 5.32 Å². The molecule has 2 unspecified atom stereocenters. The number of aliphatic hydroxyl groups is 2. The first-order valence-electron chi connectivity index (χ1n) is 25.8. The van der Waals surface area contributed by atoms with E-state index in [2.05, 4.69) is 43.5 Å². The van der Waals surface area contributed by atoms with E-state index in [9.17, 15) is 19.8 Å². The predicted molar refractivity (Wildman–Crippen MR) is 255 cm³/mol. The molecule has 6 heteroatoms. The standard InChI is InChI=1S/C53H99NO5/c1-3-5-7-9-11-13-15-17-18-19-20-21-23-27-31-35-39-43-47-53(58)59-48-44-40-36-32-28-24-26-30-34-38-42-46-52(57)54-50(49-55)51(56)45-41-37-33-29-25-22-16-14-12-10-8-6-4-2/h18-19,28,32,41,45,50-51,55-56H,3-17,20-27,29-31,33-40,42-44,46-49H2,1-2H3,(H,54,57)/b19-18-,32-28-,45-41+. The van der Waals surface area contributed by atoms with Crippen LogP contribution in [0.5, 0.6) is 0 Å². The third-order valence-electron chi connectivity index (χ3n) is 11.6. The number of hydrogen-bond acceptors (Lipinski definition) is 5. The molecule has 0 heterocycles. The molecule has 1 amide bonds. The number of ether oxygens (including phenoxy) is 1. The van der Waals surface area contributed by atoms with Crippen LogP contribution < -0.4 is 5.32 Å². The van der Waals surface area contributed by atoms with Crippen LogP contribution in [-0.4, -0.2) is 47.4 Å². The molecule has 2 atom stereocenters. The molecule has 0 aromatic rings. The van der Waals surface area contributed by atoms with Gasteiger partial charge in [0.25, 0.3) is 0 Å². The molecule has 59 heavy (non-hydrogen) atoms. The van der Waals surface area contributed by atoms with Gasteiger partial charge in [0.1, 0.15) is 0 Å². The van der Waals surface area contributed by atoms with Crippen molar-refractivity contribution in [3.63, 3.8) is 0 Å². The van der Waals surface area contributed by atoms with Crippen LogP contribution in [0.25, 0.3) is 0 Å². The van der Waals surface area contributed by atoms with Gasteiger partial charge in [-0.2, -0.15) is 0 Å². The highest BCUT2D eigenvalue weighted by molar-refractivity contribution is 5.76. The van der Waals surface area contributed by atoms with Crippen LogP contribution >= 0.6 is 0 Å². The summed E-state index contributed by atoms with van der Waals surface area (Å²) in [5.74, 6) is -0.135. The lowest BCUT2D eigenvalue weighted by atomic mass is 10.0. The molecule has 6 nitrogen and oxygen atoms in total. The van der Waals surface area contributed by atoms with Crippen molar-refractivity contribution in [1.29, 1.82) is 0 Å². The Balaban J connectivity index is 3.53. The van der Waals surface area contributed by atoms with E-state index in [1.165, 1.54) is 154 Å². The number of carbonyl (C=O) groups is 2. The first kappa shape index (κ1) is 57.1. The fourth-order valence-electron chi connectivity index (χ4n) is 7.62. The number of allylic oxidation sites excluding steroid dienone is 5. The van der Waals surface area contributed by atoms with Crippen molar-refractivity contribution in [2.24, 2.45) is 0 Å². The molecular formula is C53H99NO5. The molecule has 0 fully saturated rings. The van der Waals surface area contributed by atoms with Gasteiger partial charge in [0.2, 0.25) is 5.91 Å². The Morgan fingerprint density at radius 2 is 0.797 bits per heavy atom. The fourth-order valence-corrected chi connectivity index (χ4v) is 7.62. The highest BCUT2D eigenvalue weighted by Crippen LogP contribution is 2.15. The third-order valence-corrected chi connectivity index (χ3v) is 11.6. The summed E-state index contributed by atoms with van der Waals surface area (Å²) in [6.45, 7) is 4.81. The number of amides is 1. The minimum atomic E-state index is -0.862. The number of rotatable bonds is 47. The summed E-state index contributed by atoms with van der Waals surface area (Å²) >= 11 is 0. The Labute approximate surface area is 366 Å². The quantitative estimate of drug-likeness (QED) is 0.0323. The van der Waals surface area contributed by atoms with E-state index in [0.717, 1.165) is 83.5 Å². The van der Waals surface area contributed by atoms with Crippen LogP contribution in [-0.2, 0) is 14.3 Å². The second-order valence-corrected chi connectivity index (χ2v) is 17.5. The molecule has 0 bridgehead atoms. The maximum atomic E-state index is 12.4. The van der Waals surface area contributed by atoms with E-state index in [-0.39, 0.29) is 18.5 Å². The molecule has 0 aliphatic rings. The van der Waals surface area contributed by atoms with Gasteiger partial charge in [-0.25, -0.2) is 0 Å². The van der Waals surface area contributed by atoms with E-state index in [4.69, 9.17) is 4.74 Å². The second-order valence-electron chi connectivity index (χ2n) is 17.5. The van der Waals surface area contributed by atoms with Crippen molar-refractivity contribution >= 4 is 11.9 Å². The van der Waals surface area contributed by atoms with Gasteiger partial charge in [-0.3, -0.25) is 9.59 Å². The van der Waals surface area contributed by atoms with Crippen LogP contribution in [0.15, 0.2) is 36.5 Å². The van der Waals surface area contributed by atoms with E-state index in [1.54, 1.807) is 6.08 Å². The van der Waals surface area contributed by atoms with Gasteiger partial charge in [0, 0.05) is 12.8 Å². The van der Waals surface area contributed by atoms with Gasteiger partial charge < -0.3 is 20.3 Å². The van der Waals surface area contributed by atoms with E-state index >= 15 is 0 Å². The zero-order chi connectivity index (χ0) is 43.0.